The number of carboxylic acids is 1. The SMILES string of the molecule is CCN(CCC(=O)O)C(=O)CCC(=O)N1CC(=O)Nc2ccccc21. The molecule has 25 heavy (non-hydrogen) atoms. The first-order valence-corrected chi connectivity index (χ1v) is 8.11. The van der Waals surface area contributed by atoms with Crippen molar-refractivity contribution in [3.05, 3.63) is 24.3 Å². The summed E-state index contributed by atoms with van der Waals surface area (Å²) in [4.78, 5) is 49.8. The van der Waals surface area contributed by atoms with Gasteiger partial charge in [0.25, 0.3) is 0 Å². The minimum atomic E-state index is -0.974. The molecule has 0 aromatic heterocycles. The molecule has 2 rings (SSSR count). The van der Waals surface area contributed by atoms with E-state index in [4.69, 9.17) is 5.11 Å². The number of nitrogens with zero attached hydrogens (tertiary/aromatic N) is 2. The van der Waals surface area contributed by atoms with Gasteiger partial charge < -0.3 is 20.2 Å². The molecule has 1 aromatic carbocycles. The largest absolute Gasteiger partial charge is 0.481 e. The Morgan fingerprint density at radius 1 is 1.20 bits per heavy atom. The van der Waals surface area contributed by atoms with Crippen LogP contribution < -0.4 is 10.2 Å². The number of carbonyl (C=O) groups excluding carboxylic acids is 3. The van der Waals surface area contributed by atoms with E-state index in [1.54, 1.807) is 31.2 Å². The summed E-state index contributed by atoms with van der Waals surface area (Å²) in [7, 11) is 0. The molecule has 1 aliphatic heterocycles. The van der Waals surface area contributed by atoms with Gasteiger partial charge >= 0.3 is 5.97 Å². The fraction of sp³-hybridized carbons (Fsp3) is 0.412. The van der Waals surface area contributed by atoms with Crippen molar-refractivity contribution in [2.24, 2.45) is 0 Å². The maximum Gasteiger partial charge on any atom is 0.305 e. The van der Waals surface area contributed by atoms with Crippen LogP contribution in [0.15, 0.2) is 24.3 Å². The molecule has 8 nitrogen and oxygen atoms in total. The quantitative estimate of drug-likeness (QED) is 0.767. The molecule has 1 aliphatic rings. The predicted molar refractivity (Wildman–Crippen MR) is 91.2 cm³/mol. The van der Waals surface area contributed by atoms with Gasteiger partial charge in [0.2, 0.25) is 17.7 Å². The van der Waals surface area contributed by atoms with Crippen LogP contribution in [0.5, 0.6) is 0 Å². The zero-order chi connectivity index (χ0) is 18.4. The Labute approximate surface area is 145 Å². The molecule has 1 heterocycles. The Morgan fingerprint density at radius 3 is 2.60 bits per heavy atom. The smallest absolute Gasteiger partial charge is 0.305 e. The number of hydrogen-bond donors (Lipinski definition) is 2. The molecule has 3 amide bonds. The van der Waals surface area contributed by atoms with Crippen molar-refractivity contribution in [3.8, 4) is 0 Å². The van der Waals surface area contributed by atoms with E-state index in [2.05, 4.69) is 5.32 Å². The summed E-state index contributed by atoms with van der Waals surface area (Å²) in [5.41, 5.74) is 1.17. The third kappa shape index (κ3) is 4.79. The number of amides is 3. The van der Waals surface area contributed by atoms with Gasteiger partial charge in [-0.15, -0.1) is 0 Å². The molecule has 8 heteroatoms. The molecule has 0 unspecified atom stereocenters. The van der Waals surface area contributed by atoms with E-state index in [0.717, 1.165) is 0 Å². The van der Waals surface area contributed by atoms with E-state index in [9.17, 15) is 19.2 Å². The first kappa shape index (κ1) is 18.4. The average Bonchev–Trinajstić information content (AvgIpc) is 2.59. The van der Waals surface area contributed by atoms with E-state index in [1.807, 2.05) is 0 Å². The third-order valence-corrected chi connectivity index (χ3v) is 3.95. The lowest BCUT2D eigenvalue weighted by Crippen LogP contribution is -2.42. The number of hydrogen-bond acceptors (Lipinski definition) is 4. The van der Waals surface area contributed by atoms with Gasteiger partial charge in [-0.25, -0.2) is 0 Å². The fourth-order valence-electron chi connectivity index (χ4n) is 2.65. The van der Waals surface area contributed by atoms with Crippen molar-refractivity contribution < 1.29 is 24.3 Å². The number of para-hydroxylation sites is 2. The van der Waals surface area contributed by atoms with Crippen molar-refractivity contribution in [3.63, 3.8) is 0 Å². The van der Waals surface area contributed by atoms with Crippen LogP contribution in [0.3, 0.4) is 0 Å². The van der Waals surface area contributed by atoms with Gasteiger partial charge in [-0.2, -0.15) is 0 Å². The van der Waals surface area contributed by atoms with Gasteiger partial charge in [-0.3, -0.25) is 19.2 Å². The van der Waals surface area contributed by atoms with Crippen LogP contribution in [0.4, 0.5) is 11.4 Å². The Morgan fingerprint density at radius 2 is 1.92 bits per heavy atom. The second-order valence-electron chi connectivity index (χ2n) is 5.66. The maximum atomic E-state index is 12.5. The Bertz CT molecular complexity index is 689. The van der Waals surface area contributed by atoms with E-state index in [-0.39, 0.29) is 50.1 Å². The topological polar surface area (TPSA) is 107 Å². The summed E-state index contributed by atoms with van der Waals surface area (Å²) in [5.74, 6) is -1.84. The van der Waals surface area contributed by atoms with E-state index < -0.39 is 5.97 Å². The van der Waals surface area contributed by atoms with Crippen molar-refractivity contribution in [1.29, 1.82) is 0 Å². The Balaban J connectivity index is 1.97. The first-order valence-electron chi connectivity index (χ1n) is 8.11. The standard InChI is InChI=1S/C17H21N3O5/c1-2-19(10-9-17(24)25)15(22)7-8-16(23)20-11-14(21)18-12-5-3-4-6-13(12)20/h3-6H,2,7-11H2,1H3,(H,18,21)(H,24,25). The van der Waals surface area contributed by atoms with Gasteiger partial charge in [0.1, 0.15) is 6.54 Å². The number of rotatable bonds is 7. The zero-order valence-corrected chi connectivity index (χ0v) is 14.0. The van der Waals surface area contributed by atoms with Crippen LogP contribution in [0.1, 0.15) is 26.2 Å². The van der Waals surface area contributed by atoms with Crippen LogP contribution in [0, 0.1) is 0 Å². The monoisotopic (exact) mass is 347 g/mol. The van der Waals surface area contributed by atoms with E-state index >= 15 is 0 Å². The highest BCUT2D eigenvalue weighted by atomic mass is 16.4. The van der Waals surface area contributed by atoms with Crippen LogP contribution in [-0.2, 0) is 19.2 Å². The van der Waals surface area contributed by atoms with Crippen LogP contribution in [0.2, 0.25) is 0 Å². The highest BCUT2D eigenvalue weighted by molar-refractivity contribution is 6.10. The normalized spacial score (nSPS) is 13.0. The summed E-state index contributed by atoms with van der Waals surface area (Å²) in [6.45, 7) is 2.18. The highest BCUT2D eigenvalue weighted by Gasteiger charge is 2.27. The van der Waals surface area contributed by atoms with Crippen LogP contribution in [-0.4, -0.2) is 53.3 Å². The predicted octanol–water partition coefficient (Wildman–Crippen LogP) is 1.08. The molecule has 0 aliphatic carbocycles. The second-order valence-corrected chi connectivity index (χ2v) is 5.66. The van der Waals surface area contributed by atoms with Crippen LogP contribution >= 0.6 is 0 Å². The molecule has 0 saturated carbocycles. The Kier molecular flexibility index (Phi) is 6.10. The van der Waals surface area contributed by atoms with Crippen LogP contribution in [0.25, 0.3) is 0 Å². The summed E-state index contributed by atoms with van der Waals surface area (Å²) < 4.78 is 0. The van der Waals surface area contributed by atoms with E-state index in [0.29, 0.717) is 17.9 Å². The number of nitrogens with one attached hydrogen (secondary N) is 1. The summed E-state index contributed by atoms with van der Waals surface area (Å²) in [6, 6.07) is 6.98. The van der Waals surface area contributed by atoms with Gasteiger partial charge in [0, 0.05) is 25.9 Å². The molecule has 0 spiro atoms. The molecular weight excluding hydrogens is 326 g/mol. The van der Waals surface area contributed by atoms with Crippen molar-refractivity contribution in [2.45, 2.75) is 26.2 Å². The molecule has 134 valence electrons. The molecule has 2 N–H and O–H groups in total. The lowest BCUT2D eigenvalue weighted by atomic mass is 10.1. The molecule has 0 bridgehead atoms. The third-order valence-electron chi connectivity index (χ3n) is 3.95. The second kappa shape index (κ2) is 8.27. The fourth-order valence-corrected chi connectivity index (χ4v) is 2.65. The number of fused-ring (bicyclic) bond motifs is 1. The zero-order valence-electron chi connectivity index (χ0n) is 14.0. The van der Waals surface area contributed by atoms with Gasteiger partial charge in [0.05, 0.1) is 17.8 Å². The van der Waals surface area contributed by atoms with Gasteiger partial charge in [-0.05, 0) is 19.1 Å². The minimum Gasteiger partial charge on any atom is -0.481 e. The summed E-state index contributed by atoms with van der Waals surface area (Å²) in [5, 5.41) is 11.4. The van der Waals surface area contributed by atoms with Crippen molar-refractivity contribution in [2.75, 3.05) is 29.9 Å². The number of aliphatic carboxylic acids is 1. The summed E-state index contributed by atoms with van der Waals surface area (Å²) in [6.07, 6.45) is -0.191. The molecule has 0 fully saturated rings. The maximum absolute atomic E-state index is 12.5. The number of carbonyl (C=O) groups is 4. The lowest BCUT2D eigenvalue weighted by molar-refractivity contribution is -0.139. The molecular formula is C17H21N3O5. The molecule has 0 atom stereocenters. The highest BCUT2D eigenvalue weighted by Crippen LogP contribution is 2.29. The first-order chi connectivity index (χ1) is 11.9. The number of carboxylic acid groups (broad SMARTS) is 1. The van der Waals surface area contributed by atoms with Crippen molar-refractivity contribution in [1.82, 2.24) is 4.90 Å². The Hall–Kier alpha value is -2.90. The lowest BCUT2D eigenvalue weighted by Gasteiger charge is -2.29. The van der Waals surface area contributed by atoms with Gasteiger partial charge in [0.15, 0.2) is 0 Å². The average molecular weight is 347 g/mol. The minimum absolute atomic E-state index is 0.0213. The summed E-state index contributed by atoms with van der Waals surface area (Å²) >= 11 is 0. The molecule has 0 radical (unpaired) electrons. The molecule has 0 saturated heterocycles. The number of benzene rings is 1. The van der Waals surface area contributed by atoms with E-state index in [1.165, 1.54) is 9.80 Å². The van der Waals surface area contributed by atoms with Gasteiger partial charge in [-0.1, -0.05) is 12.1 Å². The van der Waals surface area contributed by atoms with Crippen molar-refractivity contribution >= 4 is 35.1 Å². The molecule has 1 aromatic rings. The number of anilines is 2.